The third-order valence-electron chi connectivity index (χ3n) is 4.70. The Morgan fingerprint density at radius 3 is 2.52 bits per heavy atom. The highest BCUT2D eigenvalue weighted by Crippen LogP contribution is 2.38. The molecule has 1 aliphatic heterocycles. The molecule has 2 N–H and O–H groups in total. The summed E-state index contributed by atoms with van der Waals surface area (Å²) in [5.41, 5.74) is 0.551. The lowest BCUT2D eigenvalue weighted by Crippen LogP contribution is -2.37. The molecular weight excluding hydrogens is 424 g/mol. The van der Waals surface area contributed by atoms with Crippen LogP contribution in [0.2, 0.25) is 0 Å². The SMILES string of the molecule is CCOc1cc(C(CS(C)(=O)=O)N2C(=O)c3cccc(NC(C)=O)c3C2=O)ccc1O. The van der Waals surface area contributed by atoms with E-state index in [9.17, 15) is 27.9 Å². The summed E-state index contributed by atoms with van der Waals surface area (Å²) in [5, 5.41) is 12.5. The molecule has 0 aliphatic carbocycles. The van der Waals surface area contributed by atoms with E-state index in [0.717, 1.165) is 11.2 Å². The topological polar surface area (TPSA) is 130 Å². The Hall–Kier alpha value is -3.40. The van der Waals surface area contributed by atoms with E-state index >= 15 is 0 Å². The minimum atomic E-state index is -3.63. The van der Waals surface area contributed by atoms with Crippen LogP contribution in [0, 0.1) is 0 Å². The molecule has 3 rings (SSSR count). The number of fused-ring (bicyclic) bond motifs is 1. The molecule has 164 valence electrons. The van der Waals surface area contributed by atoms with Crippen molar-refractivity contribution in [3.05, 3.63) is 53.1 Å². The highest BCUT2D eigenvalue weighted by atomic mass is 32.2. The molecule has 1 aliphatic rings. The first-order chi connectivity index (χ1) is 14.5. The number of hydrogen-bond donors (Lipinski definition) is 2. The van der Waals surface area contributed by atoms with Gasteiger partial charge in [0.1, 0.15) is 9.84 Å². The number of amides is 3. The maximum absolute atomic E-state index is 13.3. The number of phenolic OH excluding ortho intramolecular Hbond substituents is 1. The number of anilines is 1. The number of rotatable bonds is 7. The molecule has 2 aromatic rings. The van der Waals surface area contributed by atoms with Crippen molar-refractivity contribution in [2.45, 2.75) is 19.9 Å². The van der Waals surface area contributed by atoms with Gasteiger partial charge in [0, 0.05) is 13.2 Å². The average Bonchev–Trinajstić information content (AvgIpc) is 2.92. The van der Waals surface area contributed by atoms with Gasteiger partial charge in [-0.05, 0) is 36.8 Å². The smallest absolute Gasteiger partial charge is 0.264 e. The average molecular weight is 446 g/mol. The minimum Gasteiger partial charge on any atom is -0.504 e. The van der Waals surface area contributed by atoms with Crippen LogP contribution in [0.5, 0.6) is 11.5 Å². The standard InChI is InChI=1S/C21H22N2O7S/c1-4-30-18-10-13(8-9-17(18)25)16(11-31(3,28)29)23-20(26)14-6-5-7-15(22-12(2)24)19(14)21(23)27/h5-10,16,25H,4,11H2,1-3H3,(H,22,24). The van der Waals surface area contributed by atoms with Crippen LogP contribution in [-0.2, 0) is 14.6 Å². The van der Waals surface area contributed by atoms with Crippen LogP contribution in [-0.4, -0.2) is 54.8 Å². The van der Waals surface area contributed by atoms with Gasteiger partial charge in [-0.1, -0.05) is 12.1 Å². The lowest BCUT2D eigenvalue weighted by molar-refractivity contribution is -0.114. The van der Waals surface area contributed by atoms with Gasteiger partial charge >= 0.3 is 0 Å². The summed E-state index contributed by atoms with van der Waals surface area (Å²) in [6, 6.07) is 7.47. The Labute approximate surface area is 179 Å². The molecule has 31 heavy (non-hydrogen) atoms. The van der Waals surface area contributed by atoms with E-state index in [2.05, 4.69) is 5.32 Å². The van der Waals surface area contributed by atoms with Crippen molar-refractivity contribution in [3.63, 3.8) is 0 Å². The lowest BCUT2D eigenvalue weighted by Gasteiger charge is -2.26. The van der Waals surface area contributed by atoms with Crippen molar-refractivity contribution in [2.75, 3.05) is 23.9 Å². The number of ether oxygens (including phenoxy) is 1. The van der Waals surface area contributed by atoms with Gasteiger partial charge < -0.3 is 15.2 Å². The lowest BCUT2D eigenvalue weighted by atomic mass is 10.1. The fourth-order valence-electron chi connectivity index (χ4n) is 3.50. The Morgan fingerprint density at radius 1 is 1.19 bits per heavy atom. The van der Waals surface area contributed by atoms with Crippen molar-refractivity contribution >= 4 is 33.2 Å². The summed E-state index contributed by atoms with van der Waals surface area (Å²) < 4.78 is 29.7. The van der Waals surface area contributed by atoms with Crippen molar-refractivity contribution < 1.29 is 32.6 Å². The highest BCUT2D eigenvalue weighted by Gasteiger charge is 2.43. The van der Waals surface area contributed by atoms with E-state index < -0.39 is 39.4 Å². The number of sulfone groups is 1. The van der Waals surface area contributed by atoms with Crippen LogP contribution in [0.25, 0.3) is 0 Å². The second-order valence-corrected chi connectivity index (χ2v) is 9.34. The second kappa shape index (κ2) is 8.38. The van der Waals surface area contributed by atoms with E-state index in [1.54, 1.807) is 6.92 Å². The van der Waals surface area contributed by atoms with Gasteiger partial charge in [-0.25, -0.2) is 8.42 Å². The summed E-state index contributed by atoms with van der Waals surface area (Å²) >= 11 is 0. The first-order valence-corrected chi connectivity index (χ1v) is 11.5. The van der Waals surface area contributed by atoms with Crippen molar-refractivity contribution in [3.8, 4) is 11.5 Å². The number of nitrogens with one attached hydrogen (secondary N) is 1. The molecule has 1 heterocycles. The zero-order chi connectivity index (χ0) is 22.9. The summed E-state index contributed by atoms with van der Waals surface area (Å²) in [5.74, 6) is -2.38. The maximum Gasteiger partial charge on any atom is 0.264 e. The Morgan fingerprint density at radius 2 is 1.90 bits per heavy atom. The number of aromatic hydroxyl groups is 1. The van der Waals surface area contributed by atoms with Gasteiger partial charge in [-0.3, -0.25) is 19.3 Å². The minimum absolute atomic E-state index is 0.00464. The molecule has 0 radical (unpaired) electrons. The number of imide groups is 1. The van der Waals surface area contributed by atoms with Gasteiger partial charge in [0.25, 0.3) is 11.8 Å². The number of phenols is 1. The number of carbonyl (C=O) groups is 3. The number of carbonyl (C=O) groups excluding carboxylic acids is 3. The van der Waals surface area contributed by atoms with E-state index in [-0.39, 0.29) is 34.9 Å². The summed E-state index contributed by atoms with van der Waals surface area (Å²) in [6.45, 7) is 3.24. The second-order valence-electron chi connectivity index (χ2n) is 7.16. The Kier molecular flexibility index (Phi) is 6.03. The quantitative estimate of drug-likeness (QED) is 0.623. The molecule has 1 unspecified atom stereocenters. The van der Waals surface area contributed by atoms with Gasteiger partial charge in [0.15, 0.2) is 11.5 Å². The van der Waals surface area contributed by atoms with Crippen molar-refractivity contribution in [1.82, 2.24) is 4.90 Å². The molecule has 0 saturated carbocycles. The molecule has 1 atom stereocenters. The first-order valence-electron chi connectivity index (χ1n) is 9.45. The molecule has 0 spiro atoms. The molecule has 9 nitrogen and oxygen atoms in total. The molecule has 3 amide bonds. The molecule has 0 fully saturated rings. The summed E-state index contributed by atoms with van der Waals surface area (Å²) in [6.07, 6.45) is 1.00. The van der Waals surface area contributed by atoms with Gasteiger partial charge in [0.2, 0.25) is 5.91 Å². The number of nitrogens with zero attached hydrogens (tertiary/aromatic N) is 1. The zero-order valence-electron chi connectivity index (χ0n) is 17.2. The third-order valence-corrected chi connectivity index (χ3v) is 5.62. The molecule has 2 aromatic carbocycles. The van der Waals surface area contributed by atoms with Gasteiger partial charge in [-0.15, -0.1) is 0 Å². The van der Waals surface area contributed by atoms with Crippen molar-refractivity contribution in [2.24, 2.45) is 0 Å². The van der Waals surface area contributed by atoms with Gasteiger partial charge in [-0.2, -0.15) is 0 Å². The number of hydrogen-bond acceptors (Lipinski definition) is 7. The van der Waals surface area contributed by atoms with Crippen LogP contribution in [0.3, 0.4) is 0 Å². The Bertz CT molecular complexity index is 1170. The molecular formula is C21H22N2O7S. The molecule has 0 aromatic heterocycles. The van der Waals surface area contributed by atoms with Crippen LogP contribution < -0.4 is 10.1 Å². The fraction of sp³-hybridized carbons (Fsp3) is 0.286. The zero-order valence-corrected chi connectivity index (χ0v) is 18.0. The van der Waals surface area contributed by atoms with E-state index in [1.807, 2.05) is 0 Å². The van der Waals surface area contributed by atoms with Crippen LogP contribution >= 0.6 is 0 Å². The molecule has 0 bridgehead atoms. The van der Waals surface area contributed by atoms with Crippen LogP contribution in [0.15, 0.2) is 36.4 Å². The predicted octanol–water partition coefficient (Wildman–Crippen LogP) is 2.13. The fourth-order valence-corrected chi connectivity index (χ4v) is 4.41. The largest absolute Gasteiger partial charge is 0.504 e. The maximum atomic E-state index is 13.3. The number of benzene rings is 2. The van der Waals surface area contributed by atoms with E-state index in [1.165, 1.54) is 43.3 Å². The highest BCUT2D eigenvalue weighted by molar-refractivity contribution is 7.90. The van der Waals surface area contributed by atoms with E-state index in [4.69, 9.17) is 4.74 Å². The monoisotopic (exact) mass is 446 g/mol. The summed E-state index contributed by atoms with van der Waals surface area (Å²) in [4.78, 5) is 38.8. The predicted molar refractivity (Wildman–Crippen MR) is 113 cm³/mol. The van der Waals surface area contributed by atoms with Crippen molar-refractivity contribution in [1.29, 1.82) is 0 Å². The summed E-state index contributed by atoms with van der Waals surface area (Å²) in [7, 11) is -3.63. The molecule has 10 heteroatoms. The van der Waals surface area contributed by atoms with E-state index in [0.29, 0.717) is 5.56 Å². The van der Waals surface area contributed by atoms with Crippen LogP contribution in [0.4, 0.5) is 5.69 Å². The third kappa shape index (κ3) is 4.53. The van der Waals surface area contributed by atoms with Gasteiger partial charge in [0.05, 0.1) is 35.2 Å². The Balaban J connectivity index is 2.13. The normalized spacial score (nSPS) is 14.4. The van der Waals surface area contributed by atoms with Crippen LogP contribution in [0.1, 0.15) is 46.2 Å². The molecule has 0 saturated heterocycles. The first kappa shape index (κ1) is 22.3.